The fraction of sp³-hybridized carbons (Fsp3) is 0.273. The Morgan fingerprint density at radius 2 is 2.14 bits per heavy atom. The number of fused-ring (bicyclic) bond motifs is 1. The number of hydrogen-bond donors (Lipinski definition) is 2. The van der Waals surface area contributed by atoms with E-state index < -0.39 is 0 Å². The van der Waals surface area contributed by atoms with Crippen LogP contribution in [0.4, 0.5) is 0 Å². The number of aliphatic hydroxyl groups is 1. The summed E-state index contributed by atoms with van der Waals surface area (Å²) in [5.74, 6) is 0.223. The van der Waals surface area contributed by atoms with Gasteiger partial charge in [0.25, 0.3) is 0 Å². The predicted molar refractivity (Wildman–Crippen MR) is 58.8 cm³/mol. The van der Waals surface area contributed by atoms with Crippen molar-refractivity contribution in [1.82, 2.24) is 0 Å². The summed E-state index contributed by atoms with van der Waals surface area (Å²) in [6, 6.07) is 3.78. The first-order valence-corrected chi connectivity index (χ1v) is 5.47. The average molecular weight is 208 g/mol. The van der Waals surface area contributed by atoms with E-state index in [4.69, 9.17) is 5.11 Å². The van der Waals surface area contributed by atoms with Crippen molar-refractivity contribution in [1.29, 1.82) is 0 Å². The van der Waals surface area contributed by atoms with E-state index in [1.54, 1.807) is 11.3 Å². The number of hydrogen-bond acceptors (Lipinski definition) is 3. The van der Waals surface area contributed by atoms with E-state index in [-0.39, 0.29) is 12.4 Å². The molecule has 0 radical (unpaired) electrons. The standard InChI is InChI=1S/C11H12O2S/c1-2-7-5-8(6-12)10(13)9-3-4-14-11(7)9/h3-5,12-13H,2,6H2,1H3. The number of aromatic hydroxyl groups is 1. The van der Waals surface area contributed by atoms with Crippen molar-refractivity contribution in [3.05, 3.63) is 28.6 Å². The molecule has 2 aromatic rings. The van der Waals surface area contributed by atoms with E-state index in [0.717, 1.165) is 16.5 Å². The number of benzene rings is 1. The van der Waals surface area contributed by atoms with Crippen LogP contribution in [0.15, 0.2) is 17.5 Å². The molecule has 2 nitrogen and oxygen atoms in total. The van der Waals surface area contributed by atoms with Gasteiger partial charge >= 0.3 is 0 Å². The molecular weight excluding hydrogens is 196 g/mol. The van der Waals surface area contributed by atoms with Gasteiger partial charge in [-0.25, -0.2) is 0 Å². The number of aliphatic hydroxyl groups excluding tert-OH is 1. The third-order valence-corrected chi connectivity index (χ3v) is 3.41. The number of thiophene rings is 1. The highest BCUT2D eigenvalue weighted by molar-refractivity contribution is 7.17. The van der Waals surface area contributed by atoms with Gasteiger partial charge in [-0.15, -0.1) is 11.3 Å². The summed E-state index contributed by atoms with van der Waals surface area (Å²) in [7, 11) is 0. The monoisotopic (exact) mass is 208 g/mol. The van der Waals surface area contributed by atoms with E-state index in [9.17, 15) is 5.11 Å². The minimum absolute atomic E-state index is 0.107. The summed E-state index contributed by atoms with van der Waals surface area (Å²) < 4.78 is 1.13. The van der Waals surface area contributed by atoms with E-state index >= 15 is 0 Å². The van der Waals surface area contributed by atoms with Gasteiger partial charge in [-0.3, -0.25) is 0 Å². The van der Waals surface area contributed by atoms with Crippen LogP contribution in [0.1, 0.15) is 18.1 Å². The van der Waals surface area contributed by atoms with Crippen LogP contribution in [-0.2, 0) is 13.0 Å². The van der Waals surface area contributed by atoms with E-state index in [2.05, 4.69) is 6.92 Å². The topological polar surface area (TPSA) is 40.5 Å². The maximum absolute atomic E-state index is 9.81. The van der Waals surface area contributed by atoms with Crippen molar-refractivity contribution in [2.75, 3.05) is 0 Å². The van der Waals surface area contributed by atoms with Crippen LogP contribution in [0.5, 0.6) is 5.75 Å². The van der Waals surface area contributed by atoms with Crippen molar-refractivity contribution in [3.8, 4) is 5.75 Å². The molecule has 0 unspecified atom stereocenters. The van der Waals surface area contributed by atoms with Gasteiger partial charge in [-0.1, -0.05) is 6.92 Å². The fourth-order valence-corrected chi connectivity index (χ4v) is 2.63. The molecule has 1 aromatic heterocycles. The highest BCUT2D eigenvalue weighted by atomic mass is 32.1. The lowest BCUT2D eigenvalue weighted by Gasteiger charge is -2.06. The lowest BCUT2D eigenvalue weighted by molar-refractivity contribution is 0.276. The fourth-order valence-electron chi connectivity index (χ4n) is 1.64. The summed E-state index contributed by atoms with van der Waals surface area (Å²) in [5.41, 5.74) is 1.81. The molecule has 0 saturated heterocycles. The summed E-state index contributed by atoms with van der Waals surface area (Å²) >= 11 is 1.63. The van der Waals surface area contributed by atoms with Crippen LogP contribution in [0.25, 0.3) is 10.1 Å². The molecule has 0 spiro atoms. The molecule has 2 rings (SSSR count). The Morgan fingerprint density at radius 3 is 2.79 bits per heavy atom. The van der Waals surface area contributed by atoms with Crippen molar-refractivity contribution < 1.29 is 10.2 Å². The zero-order valence-electron chi connectivity index (χ0n) is 7.95. The summed E-state index contributed by atoms with van der Waals surface area (Å²) in [6.45, 7) is 1.97. The molecule has 0 atom stereocenters. The second kappa shape index (κ2) is 3.59. The van der Waals surface area contributed by atoms with Gasteiger partial charge in [-0.05, 0) is 29.5 Å². The Bertz CT molecular complexity index is 460. The first-order valence-electron chi connectivity index (χ1n) is 4.59. The van der Waals surface area contributed by atoms with Gasteiger partial charge in [0.1, 0.15) is 5.75 Å². The van der Waals surface area contributed by atoms with Crippen molar-refractivity contribution in [3.63, 3.8) is 0 Å². The maximum Gasteiger partial charge on any atom is 0.129 e. The Balaban J connectivity index is 2.80. The first kappa shape index (κ1) is 9.49. The molecule has 0 aliphatic carbocycles. The molecule has 1 aromatic carbocycles. The quantitative estimate of drug-likeness (QED) is 0.796. The van der Waals surface area contributed by atoms with Crippen molar-refractivity contribution in [2.24, 2.45) is 0 Å². The van der Waals surface area contributed by atoms with E-state index in [1.165, 1.54) is 5.56 Å². The lowest BCUT2D eigenvalue weighted by Crippen LogP contribution is -1.89. The predicted octanol–water partition coefficient (Wildman–Crippen LogP) is 2.66. The van der Waals surface area contributed by atoms with Gasteiger partial charge in [0.2, 0.25) is 0 Å². The van der Waals surface area contributed by atoms with Gasteiger partial charge < -0.3 is 10.2 Å². The Morgan fingerprint density at radius 1 is 1.36 bits per heavy atom. The van der Waals surface area contributed by atoms with Crippen LogP contribution >= 0.6 is 11.3 Å². The summed E-state index contributed by atoms with van der Waals surface area (Å²) in [4.78, 5) is 0. The van der Waals surface area contributed by atoms with Crippen LogP contribution < -0.4 is 0 Å². The Kier molecular flexibility index (Phi) is 2.44. The minimum atomic E-state index is -0.107. The molecule has 0 bridgehead atoms. The molecule has 0 aliphatic heterocycles. The molecular formula is C11H12O2S. The van der Waals surface area contributed by atoms with Gasteiger partial charge in [-0.2, -0.15) is 0 Å². The molecule has 74 valence electrons. The van der Waals surface area contributed by atoms with Crippen molar-refractivity contribution >= 4 is 21.4 Å². The Hall–Kier alpha value is -1.06. The zero-order chi connectivity index (χ0) is 10.1. The van der Waals surface area contributed by atoms with Crippen molar-refractivity contribution in [2.45, 2.75) is 20.0 Å². The second-order valence-electron chi connectivity index (χ2n) is 3.22. The molecule has 1 heterocycles. The number of phenols is 1. The first-order chi connectivity index (χ1) is 6.77. The normalized spacial score (nSPS) is 11.0. The van der Waals surface area contributed by atoms with Gasteiger partial charge in [0.15, 0.2) is 0 Å². The van der Waals surface area contributed by atoms with Crippen LogP contribution in [0.3, 0.4) is 0 Å². The number of aryl methyl sites for hydroxylation is 1. The SMILES string of the molecule is CCc1cc(CO)c(O)c2ccsc12. The van der Waals surface area contributed by atoms with Crippen LogP contribution in [0, 0.1) is 0 Å². The smallest absolute Gasteiger partial charge is 0.129 e. The third kappa shape index (κ3) is 1.29. The molecule has 0 saturated carbocycles. The van der Waals surface area contributed by atoms with E-state index in [0.29, 0.717) is 5.56 Å². The maximum atomic E-state index is 9.81. The van der Waals surface area contributed by atoms with Crippen LogP contribution in [-0.4, -0.2) is 10.2 Å². The lowest BCUT2D eigenvalue weighted by atomic mass is 10.0. The zero-order valence-corrected chi connectivity index (χ0v) is 8.77. The molecule has 14 heavy (non-hydrogen) atoms. The highest BCUT2D eigenvalue weighted by Gasteiger charge is 2.10. The van der Waals surface area contributed by atoms with Gasteiger partial charge in [0, 0.05) is 15.6 Å². The minimum Gasteiger partial charge on any atom is -0.507 e. The molecule has 0 fully saturated rings. The average Bonchev–Trinajstić information content (AvgIpc) is 2.68. The molecule has 0 amide bonds. The highest BCUT2D eigenvalue weighted by Crippen LogP contribution is 2.35. The second-order valence-corrected chi connectivity index (χ2v) is 4.13. The summed E-state index contributed by atoms with van der Waals surface area (Å²) in [5, 5.41) is 21.7. The molecule has 3 heteroatoms. The Labute approximate surface area is 86.4 Å². The summed E-state index contributed by atoms with van der Waals surface area (Å²) in [6.07, 6.45) is 0.921. The molecule has 0 aliphatic rings. The largest absolute Gasteiger partial charge is 0.507 e. The van der Waals surface area contributed by atoms with Crippen LogP contribution in [0.2, 0.25) is 0 Å². The number of rotatable bonds is 2. The third-order valence-electron chi connectivity index (χ3n) is 2.42. The molecule has 2 N–H and O–H groups in total. The van der Waals surface area contributed by atoms with E-state index in [1.807, 2.05) is 17.5 Å². The van der Waals surface area contributed by atoms with Gasteiger partial charge in [0.05, 0.1) is 6.61 Å².